The molecule has 190 valence electrons. The minimum absolute atomic E-state index is 0.699. The molecule has 0 saturated heterocycles. The number of hydrogen-bond donors (Lipinski definition) is 4. The number of anilines is 4. The van der Waals surface area contributed by atoms with Gasteiger partial charge in [0.1, 0.15) is 11.6 Å². The summed E-state index contributed by atoms with van der Waals surface area (Å²) in [5.74, 6) is 2.59. The zero-order valence-electron chi connectivity index (χ0n) is 21.8. The Morgan fingerprint density at radius 2 is 1.68 bits per heavy atom. The molecule has 1 aliphatic carbocycles. The van der Waals surface area contributed by atoms with Crippen LogP contribution in [-0.2, 0) is 6.42 Å². The van der Waals surface area contributed by atoms with E-state index < -0.39 is 0 Å². The fourth-order valence-electron chi connectivity index (χ4n) is 4.77. The van der Waals surface area contributed by atoms with E-state index in [-0.39, 0.29) is 0 Å². The van der Waals surface area contributed by atoms with Crippen molar-refractivity contribution in [1.82, 2.24) is 19.9 Å². The zero-order valence-corrected chi connectivity index (χ0v) is 21.8. The van der Waals surface area contributed by atoms with Crippen LogP contribution in [0.25, 0.3) is 21.8 Å². The summed E-state index contributed by atoms with van der Waals surface area (Å²) < 4.78 is 0. The van der Waals surface area contributed by atoms with Gasteiger partial charge in [0.15, 0.2) is 0 Å². The first kappa shape index (κ1) is 23.8. The van der Waals surface area contributed by atoms with Crippen molar-refractivity contribution in [2.24, 2.45) is 0 Å². The number of hydrogen-bond acceptors (Lipinski definition) is 4. The van der Waals surface area contributed by atoms with Gasteiger partial charge in [0.2, 0.25) is 0 Å². The van der Waals surface area contributed by atoms with E-state index in [9.17, 15) is 0 Å². The van der Waals surface area contributed by atoms with Gasteiger partial charge in [-0.25, -0.2) is 9.97 Å². The minimum Gasteiger partial charge on any atom is -0.361 e. The Labute approximate surface area is 222 Å². The Balaban J connectivity index is 0.000000139. The average molecular weight is 501 g/mol. The molecule has 4 heterocycles. The molecule has 6 heteroatoms. The SMILES string of the molecule is CCc1ccnc(Nc2ccc3c(C)c[nH]c3c2)c1.c1cnc(Nc2ccc3cc[nH]c3c2)c(C2CC2)c1. The number of nitrogens with one attached hydrogen (secondary N) is 4. The molecule has 1 aliphatic rings. The molecule has 4 N–H and O–H groups in total. The van der Waals surface area contributed by atoms with Crippen LogP contribution >= 0.6 is 0 Å². The number of nitrogens with zero attached hydrogens (tertiary/aromatic N) is 2. The first-order chi connectivity index (χ1) is 18.7. The third-order valence-corrected chi connectivity index (χ3v) is 7.07. The van der Waals surface area contributed by atoms with E-state index in [1.54, 1.807) is 0 Å². The molecule has 0 spiro atoms. The summed E-state index contributed by atoms with van der Waals surface area (Å²) in [6.07, 6.45) is 11.3. The molecule has 1 fully saturated rings. The van der Waals surface area contributed by atoms with Crippen molar-refractivity contribution in [3.8, 4) is 0 Å². The summed E-state index contributed by atoms with van der Waals surface area (Å²) in [5, 5.41) is 9.29. The molecule has 2 aromatic carbocycles. The van der Waals surface area contributed by atoms with Crippen LogP contribution in [0, 0.1) is 6.92 Å². The fourth-order valence-corrected chi connectivity index (χ4v) is 4.77. The number of pyridine rings is 2. The molecule has 0 bridgehead atoms. The van der Waals surface area contributed by atoms with Crippen molar-refractivity contribution in [2.75, 3.05) is 10.6 Å². The van der Waals surface area contributed by atoms with Crippen LogP contribution in [0.3, 0.4) is 0 Å². The molecular formula is C32H32N6. The smallest absolute Gasteiger partial charge is 0.133 e. The molecule has 0 aliphatic heterocycles. The number of benzene rings is 2. The first-order valence-corrected chi connectivity index (χ1v) is 13.2. The summed E-state index contributed by atoms with van der Waals surface area (Å²) in [6, 6.07) is 23.1. The summed E-state index contributed by atoms with van der Waals surface area (Å²) in [5.41, 5.74) is 8.32. The van der Waals surface area contributed by atoms with Crippen LogP contribution in [0.2, 0.25) is 0 Å². The Bertz CT molecular complexity index is 1690. The van der Waals surface area contributed by atoms with E-state index in [2.05, 4.69) is 99.0 Å². The lowest BCUT2D eigenvalue weighted by Crippen LogP contribution is -1.97. The van der Waals surface area contributed by atoms with E-state index in [1.165, 1.54) is 40.3 Å². The Morgan fingerprint density at radius 1 is 0.842 bits per heavy atom. The maximum absolute atomic E-state index is 4.48. The molecule has 4 aromatic heterocycles. The molecular weight excluding hydrogens is 468 g/mol. The summed E-state index contributed by atoms with van der Waals surface area (Å²) >= 11 is 0. The molecule has 6 nitrogen and oxygen atoms in total. The fraction of sp³-hybridized carbons (Fsp3) is 0.188. The number of aryl methyl sites for hydroxylation is 2. The van der Waals surface area contributed by atoms with Crippen LogP contribution < -0.4 is 10.6 Å². The van der Waals surface area contributed by atoms with Crippen molar-refractivity contribution in [3.05, 3.63) is 108 Å². The summed E-state index contributed by atoms with van der Waals surface area (Å²) in [4.78, 5) is 15.3. The maximum Gasteiger partial charge on any atom is 0.133 e. The number of rotatable bonds is 6. The van der Waals surface area contributed by atoms with Crippen LogP contribution in [-0.4, -0.2) is 19.9 Å². The largest absolute Gasteiger partial charge is 0.361 e. The van der Waals surface area contributed by atoms with E-state index in [4.69, 9.17) is 0 Å². The lowest BCUT2D eigenvalue weighted by molar-refractivity contribution is 1.10. The van der Waals surface area contributed by atoms with Gasteiger partial charge < -0.3 is 20.6 Å². The predicted octanol–water partition coefficient (Wildman–Crippen LogP) is 8.36. The van der Waals surface area contributed by atoms with Gasteiger partial charge in [-0.2, -0.15) is 0 Å². The van der Waals surface area contributed by atoms with Gasteiger partial charge in [0.25, 0.3) is 0 Å². The van der Waals surface area contributed by atoms with Gasteiger partial charge in [-0.3, -0.25) is 0 Å². The molecule has 7 rings (SSSR count). The number of aromatic nitrogens is 4. The molecule has 0 radical (unpaired) electrons. The maximum atomic E-state index is 4.48. The second kappa shape index (κ2) is 10.4. The Kier molecular flexibility index (Phi) is 6.53. The number of H-pyrrole nitrogens is 2. The van der Waals surface area contributed by atoms with E-state index in [1.807, 2.05) is 36.9 Å². The molecule has 6 aromatic rings. The van der Waals surface area contributed by atoms with Crippen molar-refractivity contribution < 1.29 is 0 Å². The number of aromatic amines is 2. The number of fused-ring (bicyclic) bond motifs is 2. The quantitative estimate of drug-likeness (QED) is 0.185. The molecule has 0 amide bonds. The lowest BCUT2D eigenvalue weighted by Gasteiger charge is -2.10. The third-order valence-electron chi connectivity index (χ3n) is 7.07. The van der Waals surface area contributed by atoms with Gasteiger partial charge in [-0.1, -0.05) is 25.1 Å². The Hall–Kier alpha value is -4.58. The molecule has 0 unspecified atom stereocenters. The van der Waals surface area contributed by atoms with Gasteiger partial charge in [0.05, 0.1) is 0 Å². The van der Waals surface area contributed by atoms with Crippen LogP contribution in [0.5, 0.6) is 0 Å². The van der Waals surface area contributed by atoms with Gasteiger partial charge >= 0.3 is 0 Å². The average Bonchev–Trinajstić information content (AvgIpc) is 3.58. The van der Waals surface area contributed by atoms with Crippen molar-refractivity contribution in [3.63, 3.8) is 0 Å². The van der Waals surface area contributed by atoms with Crippen molar-refractivity contribution in [2.45, 2.75) is 39.0 Å². The van der Waals surface area contributed by atoms with Crippen molar-refractivity contribution in [1.29, 1.82) is 0 Å². The topological polar surface area (TPSA) is 81.4 Å². The lowest BCUT2D eigenvalue weighted by atomic mass is 10.1. The van der Waals surface area contributed by atoms with Crippen molar-refractivity contribution >= 4 is 44.8 Å². The highest BCUT2D eigenvalue weighted by Crippen LogP contribution is 2.43. The first-order valence-electron chi connectivity index (χ1n) is 13.2. The normalized spacial score (nSPS) is 12.8. The highest BCUT2D eigenvalue weighted by molar-refractivity contribution is 5.86. The molecule has 1 saturated carbocycles. The zero-order chi connectivity index (χ0) is 25.9. The Morgan fingerprint density at radius 3 is 2.55 bits per heavy atom. The standard InChI is InChI=1S/C16H15N3.C16H17N3/c1-2-14(11-3-4-11)16(18-8-1)19-13-6-5-12-7-9-17-15(12)10-13;1-3-12-6-7-17-16(8-12)19-13-4-5-14-11(2)10-18-15(14)9-13/h1-2,5-11,17H,3-4H2,(H,18,19);4-10,18H,3H2,1-2H3,(H,17,19). The van der Waals surface area contributed by atoms with Gasteiger partial charge in [0, 0.05) is 52.6 Å². The highest BCUT2D eigenvalue weighted by atomic mass is 15.0. The highest BCUT2D eigenvalue weighted by Gasteiger charge is 2.26. The van der Waals surface area contributed by atoms with E-state index >= 15 is 0 Å². The van der Waals surface area contributed by atoms with Gasteiger partial charge in [-0.05, 0) is 103 Å². The van der Waals surface area contributed by atoms with E-state index in [0.717, 1.165) is 40.5 Å². The minimum atomic E-state index is 0.699. The van der Waals surface area contributed by atoms with Crippen LogP contribution in [0.1, 0.15) is 42.4 Å². The summed E-state index contributed by atoms with van der Waals surface area (Å²) in [7, 11) is 0. The van der Waals surface area contributed by atoms with Crippen LogP contribution in [0.15, 0.2) is 91.5 Å². The van der Waals surface area contributed by atoms with Gasteiger partial charge in [-0.15, -0.1) is 0 Å². The van der Waals surface area contributed by atoms with Crippen LogP contribution in [0.4, 0.5) is 23.0 Å². The third kappa shape index (κ3) is 5.25. The molecule has 0 atom stereocenters. The monoisotopic (exact) mass is 500 g/mol. The predicted molar refractivity (Wildman–Crippen MR) is 158 cm³/mol. The molecule has 38 heavy (non-hydrogen) atoms. The second-order valence-electron chi connectivity index (χ2n) is 9.88. The second-order valence-corrected chi connectivity index (χ2v) is 9.88. The summed E-state index contributed by atoms with van der Waals surface area (Å²) in [6.45, 7) is 4.26. The van der Waals surface area contributed by atoms with E-state index in [0.29, 0.717) is 5.92 Å².